The van der Waals surface area contributed by atoms with Gasteiger partial charge in [-0.1, -0.05) is 11.6 Å². The van der Waals surface area contributed by atoms with E-state index in [0.29, 0.717) is 5.69 Å². The van der Waals surface area contributed by atoms with E-state index in [1.54, 1.807) is 6.92 Å². The van der Waals surface area contributed by atoms with Crippen LogP contribution >= 0.6 is 11.6 Å². The monoisotopic (exact) mass is 283 g/mol. The molecule has 0 radical (unpaired) electrons. The fraction of sp³-hybridized carbons (Fsp3) is 0.167. The minimum absolute atomic E-state index is 0.0719. The van der Waals surface area contributed by atoms with Crippen molar-refractivity contribution in [1.29, 1.82) is 0 Å². The fourth-order valence-corrected chi connectivity index (χ4v) is 1.68. The Hall–Kier alpha value is -2.08. The van der Waals surface area contributed by atoms with Gasteiger partial charge in [-0.3, -0.25) is 0 Å². The minimum atomic E-state index is -0.610. The van der Waals surface area contributed by atoms with E-state index in [-0.39, 0.29) is 22.9 Å². The Labute approximate surface area is 113 Å². The van der Waals surface area contributed by atoms with E-state index < -0.39 is 11.8 Å². The molecule has 1 aromatic heterocycles. The highest BCUT2D eigenvalue weighted by Gasteiger charge is 2.13. The topological polar surface area (TPSA) is 70.1 Å². The third-order valence-electron chi connectivity index (χ3n) is 2.41. The predicted octanol–water partition coefficient (Wildman–Crippen LogP) is 2.42. The molecule has 1 heterocycles. The van der Waals surface area contributed by atoms with Crippen molar-refractivity contribution >= 4 is 23.3 Å². The summed E-state index contributed by atoms with van der Waals surface area (Å²) in [6, 6.07) is 2.44. The Morgan fingerprint density at radius 1 is 1.58 bits per heavy atom. The molecule has 0 fully saturated rings. The van der Waals surface area contributed by atoms with Gasteiger partial charge in [0, 0.05) is 12.3 Å². The molecule has 0 spiro atoms. The van der Waals surface area contributed by atoms with Crippen LogP contribution in [0, 0.1) is 5.82 Å². The van der Waals surface area contributed by atoms with E-state index in [2.05, 4.69) is 5.10 Å². The molecule has 0 unspecified atom stereocenters. The van der Waals surface area contributed by atoms with E-state index in [1.807, 2.05) is 0 Å². The Kier molecular flexibility index (Phi) is 3.71. The van der Waals surface area contributed by atoms with Crippen molar-refractivity contribution in [2.75, 3.05) is 12.3 Å². The molecule has 0 saturated heterocycles. The molecule has 100 valence electrons. The van der Waals surface area contributed by atoms with Gasteiger partial charge in [0.2, 0.25) is 0 Å². The zero-order chi connectivity index (χ0) is 14.0. The number of hydrogen-bond acceptors (Lipinski definition) is 4. The second kappa shape index (κ2) is 5.27. The number of esters is 1. The first-order chi connectivity index (χ1) is 9.02. The van der Waals surface area contributed by atoms with Crippen LogP contribution in [0.2, 0.25) is 5.02 Å². The van der Waals surface area contributed by atoms with Gasteiger partial charge >= 0.3 is 5.97 Å². The van der Waals surface area contributed by atoms with E-state index in [9.17, 15) is 9.18 Å². The van der Waals surface area contributed by atoms with E-state index >= 15 is 0 Å². The van der Waals surface area contributed by atoms with Crippen molar-refractivity contribution < 1.29 is 13.9 Å². The largest absolute Gasteiger partial charge is 0.462 e. The normalized spacial score (nSPS) is 10.5. The molecule has 0 saturated carbocycles. The van der Waals surface area contributed by atoms with Gasteiger partial charge in [0.15, 0.2) is 0 Å². The molecular weight excluding hydrogens is 273 g/mol. The van der Waals surface area contributed by atoms with Gasteiger partial charge in [-0.25, -0.2) is 13.9 Å². The molecule has 0 bridgehead atoms. The lowest BCUT2D eigenvalue weighted by molar-refractivity contribution is 0.0526. The lowest BCUT2D eigenvalue weighted by Crippen LogP contribution is -2.04. The van der Waals surface area contributed by atoms with Gasteiger partial charge in [-0.2, -0.15) is 5.10 Å². The summed E-state index contributed by atoms with van der Waals surface area (Å²) in [5, 5.41) is 3.90. The number of aromatic nitrogens is 2. The second-order valence-corrected chi connectivity index (χ2v) is 4.13. The molecule has 2 rings (SSSR count). The summed E-state index contributed by atoms with van der Waals surface area (Å²) >= 11 is 5.69. The molecule has 1 aromatic carbocycles. The van der Waals surface area contributed by atoms with Crippen LogP contribution in [-0.4, -0.2) is 22.4 Å². The summed E-state index contributed by atoms with van der Waals surface area (Å²) in [4.78, 5) is 11.5. The number of halogens is 2. The standard InChI is InChI=1S/C12H11ClFN3O2/c1-2-19-12(18)7-5-16-17(6-7)11-3-8(13)9(14)4-10(11)15/h3-6H,2,15H2,1H3. The average molecular weight is 284 g/mol. The van der Waals surface area contributed by atoms with Crippen LogP contribution in [0.4, 0.5) is 10.1 Å². The lowest BCUT2D eigenvalue weighted by atomic mass is 10.2. The van der Waals surface area contributed by atoms with Crippen LogP contribution in [0.3, 0.4) is 0 Å². The second-order valence-electron chi connectivity index (χ2n) is 3.72. The lowest BCUT2D eigenvalue weighted by Gasteiger charge is -2.06. The fourth-order valence-electron chi connectivity index (χ4n) is 1.52. The van der Waals surface area contributed by atoms with Crippen molar-refractivity contribution in [3.8, 4) is 5.69 Å². The highest BCUT2D eigenvalue weighted by Crippen LogP contribution is 2.25. The van der Waals surface area contributed by atoms with Gasteiger partial charge in [0.25, 0.3) is 0 Å². The first-order valence-corrected chi connectivity index (χ1v) is 5.87. The molecule has 0 aliphatic carbocycles. The SMILES string of the molecule is CCOC(=O)c1cnn(-c2cc(Cl)c(F)cc2N)c1. The zero-order valence-electron chi connectivity index (χ0n) is 10.1. The Morgan fingerprint density at radius 2 is 2.32 bits per heavy atom. The number of anilines is 1. The Morgan fingerprint density at radius 3 is 3.00 bits per heavy atom. The van der Waals surface area contributed by atoms with Crippen molar-refractivity contribution in [3.63, 3.8) is 0 Å². The molecule has 0 amide bonds. The zero-order valence-corrected chi connectivity index (χ0v) is 10.8. The number of rotatable bonds is 3. The first-order valence-electron chi connectivity index (χ1n) is 5.49. The summed E-state index contributed by atoms with van der Waals surface area (Å²) in [7, 11) is 0. The number of carbonyl (C=O) groups is 1. The number of benzene rings is 1. The maximum atomic E-state index is 13.2. The van der Waals surface area contributed by atoms with Crippen molar-refractivity contribution in [2.45, 2.75) is 6.92 Å². The number of nitrogen functional groups attached to an aromatic ring is 1. The van der Waals surface area contributed by atoms with Crippen molar-refractivity contribution in [2.24, 2.45) is 0 Å². The van der Waals surface area contributed by atoms with Crippen LogP contribution < -0.4 is 5.73 Å². The maximum Gasteiger partial charge on any atom is 0.341 e. The van der Waals surface area contributed by atoms with E-state index in [1.165, 1.54) is 23.1 Å². The first kappa shape index (κ1) is 13.4. The number of hydrogen-bond donors (Lipinski definition) is 1. The van der Waals surface area contributed by atoms with Crippen LogP contribution in [0.15, 0.2) is 24.5 Å². The van der Waals surface area contributed by atoms with Crippen LogP contribution in [0.5, 0.6) is 0 Å². The average Bonchev–Trinajstić information content (AvgIpc) is 2.83. The summed E-state index contributed by atoms with van der Waals surface area (Å²) in [5.41, 5.74) is 6.53. The van der Waals surface area contributed by atoms with Crippen LogP contribution in [-0.2, 0) is 4.74 Å². The highest BCUT2D eigenvalue weighted by molar-refractivity contribution is 6.31. The quantitative estimate of drug-likeness (QED) is 0.694. The third-order valence-corrected chi connectivity index (χ3v) is 2.70. The van der Waals surface area contributed by atoms with Crippen molar-refractivity contribution in [1.82, 2.24) is 9.78 Å². The van der Waals surface area contributed by atoms with Crippen molar-refractivity contribution in [3.05, 3.63) is 40.9 Å². The minimum Gasteiger partial charge on any atom is -0.462 e. The summed E-state index contributed by atoms with van der Waals surface area (Å²) < 4.78 is 19.4. The third kappa shape index (κ3) is 2.68. The highest BCUT2D eigenvalue weighted by atomic mass is 35.5. The van der Waals surface area contributed by atoms with E-state index in [4.69, 9.17) is 22.1 Å². The molecule has 19 heavy (non-hydrogen) atoms. The number of carbonyl (C=O) groups excluding carboxylic acids is 1. The molecule has 0 aliphatic rings. The number of nitrogens with two attached hydrogens (primary N) is 1. The molecule has 2 N–H and O–H groups in total. The van der Waals surface area contributed by atoms with Gasteiger partial charge in [-0.05, 0) is 13.0 Å². The van der Waals surface area contributed by atoms with Crippen LogP contribution in [0.1, 0.15) is 17.3 Å². The molecule has 7 heteroatoms. The number of ether oxygens (including phenoxy) is 1. The predicted molar refractivity (Wildman–Crippen MR) is 68.9 cm³/mol. The molecular formula is C12H11ClFN3O2. The van der Waals surface area contributed by atoms with Gasteiger partial charge in [-0.15, -0.1) is 0 Å². The smallest absolute Gasteiger partial charge is 0.341 e. The Balaban J connectivity index is 2.38. The van der Waals surface area contributed by atoms with Gasteiger partial charge in [0.1, 0.15) is 5.82 Å². The number of nitrogens with zero attached hydrogens (tertiary/aromatic N) is 2. The molecule has 5 nitrogen and oxygen atoms in total. The maximum absolute atomic E-state index is 13.2. The molecule has 2 aromatic rings. The molecule has 0 atom stereocenters. The van der Waals surface area contributed by atoms with Gasteiger partial charge in [0.05, 0.1) is 34.8 Å². The summed E-state index contributed by atoms with van der Waals surface area (Å²) in [5.74, 6) is -1.10. The van der Waals surface area contributed by atoms with Gasteiger partial charge < -0.3 is 10.5 Å². The molecule has 0 aliphatic heterocycles. The summed E-state index contributed by atoms with van der Waals surface area (Å²) in [6.45, 7) is 1.98. The van der Waals surface area contributed by atoms with Crippen LogP contribution in [0.25, 0.3) is 5.69 Å². The Bertz CT molecular complexity index is 627. The van der Waals surface area contributed by atoms with E-state index in [0.717, 1.165) is 6.07 Å². The summed E-state index contributed by atoms with van der Waals surface area (Å²) in [6.07, 6.45) is 2.78.